The molecule has 0 aromatic heterocycles. The Labute approximate surface area is 124 Å². The standard InChI is InChI=1S/C16H22N2O3/c1-11(18-15(20)16(17)9-3-4-10-16)12-5-7-13(8-6-12)14(19)21-2/h5-8,11H,3-4,9-10,17H2,1-2H3,(H,18,20). The molecule has 5 heteroatoms. The molecule has 1 aromatic rings. The van der Waals surface area contributed by atoms with Crippen LogP contribution in [0.15, 0.2) is 24.3 Å². The van der Waals surface area contributed by atoms with E-state index in [1.54, 1.807) is 12.1 Å². The van der Waals surface area contributed by atoms with Gasteiger partial charge in [-0.1, -0.05) is 25.0 Å². The van der Waals surface area contributed by atoms with Crippen molar-refractivity contribution >= 4 is 11.9 Å². The largest absolute Gasteiger partial charge is 0.465 e. The van der Waals surface area contributed by atoms with Crippen molar-refractivity contribution in [3.05, 3.63) is 35.4 Å². The first-order valence-corrected chi connectivity index (χ1v) is 7.24. The molecule has 1 atom stereocenters. The number of methoxy groups -OCH3 is 1. The lowest BCUT2D eigenvalue weighted by Gasteiger charge is -2.25. The van der Waals surface area contributed by atoms with Crippen molar-refractivity contribution in [3.8, 4) is 0 Å². The van der Waals surface area contributed by atoms with Crippen LogP contribution in [0.5, 0.6) is 0 Å². The second kappa shape index (κ2) is 6.26. The van der Waals surface area contributed by atoms with Crippen molar-refractivity contribution in [1.29, 1.82) is 0 Å². The fourth-order valence-corrected chi connectivity index (χ4v) is 2.68. The third kappa shape index (κ3) is 3.42. The zero-order valence-corrected chi connectivity index (χ0v) is 12.5. The van der Waals surface area contributed by atoms with Crippen molar-refractivity contribution < 1.29 is 14.3 Å². The average molecular weight is 290 g/mol. The number of esters is 1. The summed E-state index contributed by atoms with van der Waals surface area (Å²) in [6, 6.07) is 6.87. The van der Waals surface area contributed by atoms with Gasteiger partial charge in [0.2, 0.25) is 5.91 Å². The first-order chi connectivity index (χ1) is 9.96. The second-order valence-electron chi connectivity index (χ2n) is 5.67. The maximum atomic E-state index is 12.3. The molecule has 114 valence electrons. The Hall–Kier alpha value is -1.88. The third-order valence-corrected chi connectivity index (χ3v) is 4.13. The van der Waals surface area contributed by atoms with E-state index in [-0.39, 0.29) is 17.9 Å². The van der Waals surface area contributed by atoms with Crippen molar-refractivity contribution in [1.82, 2.24) is 5.32 Å². The van der Waals surface area contributed by atoms with Gasteiger partial charge in [0, 0.05) is 0 Å². The maximum absolute atomic E-state index is 12.3. The predicted molar refractivity (Wildman–Crippen MR) is 79.7 cm³/mol. The molecule has 3 N–H and O–H groups in total. The minimum atomic E-state index is -0.722. The van der Waals surface area contributed by atoms with E-state index in [9.17, 15) is 9.59 Å². The van der Waals surface area contributed by atoms with Gasteiger partial charge in [-0.3, -0.25) is 4.79 Å². The van der Waals surface area contributed by atoms with E-state index in [0.717, 1.165) is 31.2 Å². The minimum absolute atomic E-state index is 0.0930. The first kappa shape index (κ1) is 15.5. The summed E-state index contributed by atoms with van der Waals surface area (Å²) in [4.78, 5) is 23.6. The molecule has 1 unspecified atom stereocenters. The third-order valence-electron chi connectivity index (χ3n) is 4.13. The van der Waals surface area contributed by atoms with E-state index < -0.39 is 5.54 Å². The molecule has 0 aliphatic heterocycles. The molecular formula is C16H22N2O3. The van der Waals surface area contributed by atoms with E-state index in [1.807, 2.05) is 19.1 Å². The highest BCUT2D eigenvalue weighted by molar-refractivity contribution is 5.89. The number of ether oxygens (including phenoxy) is 1. The molecule has 1 amide bonds. The Kier molecular flexibility index (Phi) is 4.63. The van der Waals surface area contributed by atoms with Crippen LogP contribution in [0.1, 0.15) is 54.6 Å². The molecule has 1 fully saturated rings. The van der Waals surface area contributed by atoms with Gasteiger partial charge in [0.1, 0.15) is 0 Å². The predicted octanol–water partition coefficient (Wildman–Crippen LogP) is 1.92. The number of carbonyl (C=O) groups is 2. The molecule has 0 saturated heterocycles. The van der Waals surface area contributed by atoms with Gasteiger partial charge in [-0.15, -0.1) is 0 Å². The fourth-order valence-electron chi connectivity index (χ4n) is 2.68. The van der Waals surface area contributed by atoms with Crippen LogP contribution in [0.25, 0.3) is 0 Å². The van der Waals surface area contributed by atoms with Crippen LogP contribution in [0.3, 0.4) is 0 Å². The molecule has 0 radical (unpaired) electrons. The average Bonchev–Trinajstić information content (AvgIpc) is 2.94. The zero-order chi connectivity index (χ0) is 15.5. The summed E-state index contributed by atoms with van der Waals surface area (Å²) in [5.74, 6) is -0.463. The summed E-state index contributed by atoms with van der Waals surface area (Å²) in [5, 5.41) is 2.96. The first-order valence-electron chi connectivity index (χ1n) is 7.24. The van der Waals surface area contributed by atoms with Gasteiger partial charge in [-0.2, -0.15) is 0 Å². The van der Waals surface area contributed by atoms with Crippen LogP contribution in [0.4, 0.5) is 0 Å². The lowest BCUT2D eigenvalue weighted by molar-refractivity contribution is -0.126. The summed E-state index contributed by atoms with van der Waals surface area (Å²) in [6.45, 7) is 1.91. The molecule has 1 saturated carbocycles. The number of benzene rings is 1. The number of amides is 1. The van der Waals surface area contributed by atoms with Gasteiger partial charge in [-0.25, -0.2) is 4.79 Å². The number of hydrogen-bond donors (Lipinski definition) is 2. The molecule has 1 aliphatic carbocycles. The Morgan fingerprint density at radius 1 is 1.24 bits per heavy atom. The molecule has 1 aliphatic rings. The quantitative estimate of drug-likeness (QED) is 0.830. The summed E-state index contributed by atoms with van der Waals surface area (Å²) < 4.78 is 4.66. The lowest BCUT2D eigenvalue weighted by Crippen LogP contribution is -2.52. The van der Waals surface area contributed by atoms with Gasteiger partial charge in [0.15, 0.2) is 0 Å². The highest BCUT2D eigenvalue weighted by atomic mass is 16.5. The monoisotopic (exact) mass is 290 g/mol. The zero-order valence-electron chi connectivity index (χ0n) is 12.5. The molecule has 0 bridgehead atoms. The molecular weight excluding hydrogens is 268 g/mol. The van der Waals surface area contributed by atoms with Crippen LogP contribution in [0.2, 0.25) is 0 Å². The van der Waals surface area contributed by atoms with E-state index in [2.05, 4.69) is 10.1 Å². The number of carbonyl (C=O) groups excluding carboxylic acids is 2. The number of nitrogens with two attached hydrogens (primary N) is 1. The van der Waals surface area contributed by atoms with Gasteiger partial charge in [0.05, 0.1) is 24.3 Å². The second-order valence-corrected chi connectivity index (χ2v) is 5.67. The van der Waals surface area contributed by atoms with Crippen LogP contribution in [0, 0.1) is 0 Å². The van der Waals surface area contributed by atoms with Crippen LogP contribution in [-0.4, -0.2) is 24.5 Å². The van der Waals surface area contributed by atoms with E-state index in [0.29, 0.717) is 5.56 Å². The topological polar surface area (TPSA) is 81.4 Å². The highest BCUT2D eigenvalue weighted by Gasteiger charge is 2.37. The number of rotatable bonds is 4. The molecule has 1 aromatic carbocycles. The molecule has 21 heavy (non-hydrogen) atoms. The van der Waals surface area contributed by atoms with E-state index in [4.69, 9.17) is 5.73 Å². The lowest BCUT2D eigenvalue weighted by atomic mass is 9.97. The molecule has 2 rings (SSSR count). The van der Waals surface area contributed by atoms with Crippen molar-refractivity contribution in [3.63, 3.8) is 0 Å². The SMILES string of the molecule is COC(=O)c1ccc(C(C)NC(=O)C2(N)CCCC2)cc1. The highest BCUT2D eigenvalue weighted by Crippen LogP contribution is 2.28. The van der Waals surface area contributed by atoms with Crippen molar-refractivity contribution in [2.24, 2.45) is 5.73 Å². The Morgan fingerprint density at radius 3 is 2.33 bits per heavy atom. The summed E-state index contributed by atoms with van der Waals surface area (Å²) in [6.07, 6.45) is 3.50. The Morgan fingerprint density at radius 2 is 1.81 bits per heavy atom. The van der Waals surface area contributed by atoms with Gasteiger partial charge in [-0.05, 0) is 37.5 Å². The van der Waals surface area contributed by atoms with Crippen molar-refractivity contribution in [2.45, 2.75) is 44.2 Å². The van der Waals surface area contributed by atoms with Gasteiger partial charge >= 0.3 is 5.97 Å². The van der Waals surface area contributed by atoms with Gasteiger partial charge < -0.3 is 15.8 Å². The molecule has 0 heterocycles. The van der Waals surface area contributed by atoms with E-state index in [1.165, 1.54) is 7.11 Å². The van der Waals surface area contributed by atoms with Crippen LogP contribution >= 0.6 is 0 Å². The fraction of sp³-hybridized carbons (Fsp3) is 0.500. The van der Waals surface area contributed by atoms with Crippen molar-refractivity contribution in [2.75, 3.05) is 7.11 Å². The maximum Gasteiger partial charge on any atom is 0.337 e. The van der Waals surface area contributed by atoms with E-state index >= 15 is 0 Å². The number of nitrogens with one attached hydrogen (secondary N) is 1. The van der Waals surface area contributed by atoms with Crippen LogP contribution in [-0.2, 0) is 9.53 Å². The Bertz CT molecular complexity index is 519. The summed E-state index contributed by atoms with van der Waals surface area (Å²) >= 11 is 0. The molecule has 0 spiro atoms. The minimum Gasteiger partial charge on any atom is -0.465 e. The Balaban J connectivity index is 2.01. The number of hydrogen-bond acceptors (Lipinski definition) is 4. The van der Waals surface area contributed by atoms with Gasteiger partial charge in [0.25, 0.3) is 0 Å². The summed E-state index contributed by atoms with van der Waals surface area (Å²) in [5.41, 5.74) is 6.84. The smallest absolute Gasteiger partial charge is 0.337 e. The normalized spacial score (nSPS) is 18.0. The van der Waals surface area contributed by atoms with Crippen LogP contribution < -0.4 is 11.1 Å². The summed E-state index contributed by atoms with van der Waals surface area (Å²) in [7, 11) is 1.35. The molecule has 5 nitrogen and oxygen atoms in total.